The van der Waals surface area contributed by atoms with Gasteiger partial charge < -0.3 is 5.73 Å². The Balaban J connectivity index is 1.83. The first-order valence-corrected chi connectivity index (χ1v) is 7.91. The Kier molecular flexibility index (Phi) is 3.91. The summed E-state index contributed by atoms with van der Waals surface area (Å²) in [5.41, 5.74) is 11.6. The molecule has 0 aromatic heterocycles. The van der Waals surface area contributed by atoms with Crippen LogP contribution in [0.25, 0.3) is 6.08 Å². The van der Waals surface area contributed by atoms with Crippen LogP contribution in [0, 0.1) is 0 Å². The number of allylic oxidation sites excluding steroid dienone is 3. The van der Waals surface area contributed by atoms with Gasteiger partial charge in [0.15, 0.2) is 5.71 Å². The van der Waals surface area contributed by atoms with Crippen molar-refractivity contribution in [2.75, 3.05) is 12.8 Å². The Bertz CT molecular complexity index is 806. The molecule has 2 heteroatoms. The van der Waals surface area contributed by atoms with Crippen LogP contribution in [0.15, 0.2) is 66.8 Å². The second kappa shape index (κ2) is 5.88. The second-order valence-corrected chi connectivity index (χ2v) is 6.47. The quantitative estimate of drug-likeness (QED) is 0.503. The molecule has 0 fully saturated rings. The summed E-state index contributed by atoms with van der Waals surface area (Å²) in [6.07, 6.45) is 8.47. The van der Waals surface area contributed by atoms with Gasteiger partial charge in [-0.1, -0.05) is 48.6 Å². The summed E-state index contributed by atoms with van der Waals surface area (Å²) in [6.45, 7) is 4.55. The van der Waals surface area contributed by atoms with E-state index in [4.69, 9.17) is 5.73 Å². The number of hydrogen-bond acceptors (Lipinski definition) is 1. The van der Waals surface area contributed by atoms with E-state index in [9.17, 15) is 0 Å². The molecule has 1 aliphatic rings. The molecular formula is C21H23N2+. The first-order valence-electron chi connectivity index (χ1n) is 7.91. The van der Waals surface area contributed by atoms with E-state index >= 15 is 0 Å². The standard InChI is InChI=1S/C21H22N2/c1-21(2)18-9-5-6-10-19(18)23(3)20(21)11-7-4-8-16-12-14-17(22)15-13-16/h4-15,22H,1-3H3/p+1. The van der Waals surface area contributed by atoms with Gasteiger partial charge in [0.25, 0.3) is 0 Å². The lowest BCUT2D eigenvalue weighted by Gasteiger charge is -2.14. The van der Waals surface area contributed by atoms with E-state index in [0.29, 0.717) is 0 Å². The van der Waals surface area contributed by atoms with Gasteiger partial charge in [-0.25, -0.2) is 0 Å². The van der Waals surface area contributed by atoms with Crippen LogP contribution >= 0.6 is 0 Å². The van der Waals surface area contributed by atoms with Crippen LogP contribution in [0.1, 0.15) is 25.0 Å². The van der Waals surface area contributed by atoms with E-state index < -0.39 is 0 Å². The van der Waals surface area contributed by atoms with E-state index in [-0.39, 0.29) is 5.41 Å². The van der Waals surface area contributed by atoms with Crippen molar-refractivity contribution in [2.45, 2.75) is 19.3 Å². The maximum absolute atomic E-state index is 5.70. The van der Waals surface area contributed by atoms with Gasteiger partial charge in [-0.2, -0.15) is 4.58 Å². The number of nitrogens with zero attached hydrogens (tertiary/aromatic N) is 1. The van der Waals surface area contributed by atoms with Crippen molar-refractivity contribution in [1.29, 1.82) is 0 Å². The molecule has 0 saturated heterocycles. The smallest absolute Gasteiger partial charge is 0.209 e. The molecule has 0 saturated carbocycles. The van der Waals surface area contributed by atoms with Crippen LogP contribution in [0.4, 0.5) is 11.4 Å². The van der Waals surface area contributed by atoms with Gasteiger partial charge in [0.2, 0.25) is 5.69 Å². The molecule has 3 rings (SSSR count). The van der Waals surface area contributed by atoms with Gasteiger partial charge in [0, 0.05) is 23.4 Å². The van der Waals surface area contributed by atoms with Crippen molar-refractivity contribution < 1.29 is 4.58 Å². The first-order chi connectivity index (χ1) is 11.0. The number of hydrogen-bond donors (Lipinski definition) is 1. The zero-order valence-corrected chi connectivity index (χ0v) is 14.0. The fourth-order valence-corrected chi connectivity index (χ4v) is 3.22. The minimum Gasteiger partial charge on any atom is -0.399 e. The van der Waals surface area contributed by atoms with Crippen LogP contribution in [0.3, 0.4) is 0 Å². The monoisotopic (exact) mass is 303 g/mol. The number of fused-ring (bicyclic) bond motifs is 1. The third kappa shape index (κ3) is 2.85. The molecule has 0 atom stereocenters. The first kappa shape index (κ1) is 15.3. The number of benzene rings is 2. The van der Waals surface area contributed by atoms with Crippen molar-refractivity contribution in [1.82, 2.24) is 0 Å². The van der Waals surface area contributed by atoms with Gasteiger partial charge >= 0.3 is 0 Å². The Labute approximate surface area is 138 Å². The van der Waals surface area contributed by atoms with E-state index in [1.54, 1.807) is 0 Å². The summed E-state index contributed by atoms with van der Waals surface area (Å²) < 4.78 is 2.28. The van der Waals surface area contributed by atoms with Crippen molar-refractivity contribution in [2.24, 2.45) is 0 Å². The zero-order valence-electron chi connectivity index (χ0n) is 14.0. The van der Waals surface area contributed by atoms with Gasteiger partial charge in [-0.15, -0.1) is 0 Å². The highest BCUT2D eigenvalue weighted by atomic mass is 15.0. The molecule has 23 heavy (non-hydrogen) atoms. The summed E-state index contributed by atoms with van der Waals surface area (Å²) >= 11 is 0. The lowest BCUT2D eigenvalue weighted by molar-refractivity contribution is -0.401. The normalized spacial score (nSPS) is 16.5. The van der Waals surface area contributed by atoms with E-state index in [0.717, 1.165) is 11.3 Å². The van der Waals surface area contributed by atoms with Gasteiger partial charge in [0.1, 0.15) is 7.05 Å². The Morgan fingerprint density at radius 2 is 1.57 bits per heavy atom. The van der Waals surface area contributed by atoms with E-state index in [1.165, 1.54) is 17.0 Å². The molecule has 2 aromatic carbocycles. The molecule has 0 bridgehead atoms. The molecule has 116 valence electrons. The molecule has 0 aliphatic carbocycles. The third-order valence-electron chi connectivity index (χ3n) is 4.53. The number of anilines is 1. The summed E-state index contributed by atoms with van der Waals surface area (Å²) in [6, 6.07) is 16.5. The maximum Gasteiger partial charge on any atom is 0.209 e. The molecule has 0 radical (unpaired) electrons. The molecule has 0 amide bonds. The molecule has 0 spiro atoms. The topological polar surface area (TPSA) is 29.0 Å². The Hall–Kier alpha value is -2.61. The zero-order chi connectivity index (χ0) is 16.4. The van der Waals surface area contributed by atoms with E-state index in [1.807, 2.05) is 24.3 Å². The van der Waals surface area contributed by atoms with Crippen LogP contribution in [0.2, 0.25) is 0 Å². The van der Waals surface area contributed by atoms with Crippen molar-refractivity contribution in [3.05, 3.63) is 77.9 Å². The number of nitrogens with two attached hydrogens (primary N) is 1. The summed E-state index contributed by atoms with van der Waals surface area (Å²) in [5.74, 6) is 0. The third-order valence-corrected chi connectivity index (χ3v) is 4.53. The second-order valence-electron chi connectivity index (χ2n) is 6.47. The number of rotatable bonds is 3. The Morgan fingerprint density at radius 1 is 0.913 bits per heavy atom. The predicted octanol–water partition coefficient (Wildman–Crippen LogP) is 4.54. The minimum atomic E-state index is 0.0247. The van der Waals surface area contributed by atoms with Crippen molar-refractivity contribution >= 4 is 23.2 Å². The number of para-hydroxylation sites is 1. The van der Waals surface area contributed by atoms with Crippen molar-refractivity contribution in [3.8, 4) is 0 Å². The van der Waals surface area contributed by atoms with Gasteiger partial charge in [-0.05, 0) is 31.5 Å². The summed E-state index contributed by atoms with van der Waals surface area (Å²) in [7, 11) is 2.14. The highest BCUT2D eigenvalue weighted by Crippen LogP contribution is 2.38. The highest BCUT2D eigenvalue weighted by Gasteiger charge is 2.42. The lowest BCUT2D eigenvalue weighted by Crippen LogP contribution is -2.26. The minimum absolute atomic E-state index is 0.0247. The average molecular weight is 303 g/mol. The highest BCUT2D eigenvalue weighted by molar-refractivity contribution is 6.03. The number of nitrogen functional groups attached to an aromatic ring is 1. The molecule has 0 unspecified atom stereocenters. The van der Waals surface area contributed by atoms with Crippen LogP contribution in [-0.4, -0.2) is 17.3 Å². The summed E-state index contributed by atoms with van der Waals surface area (Å²) in [4.78, 5) is 0. The lowest BCUT2D eigenvalue weighted by atomic mass is 9.81. The fourth-order valence-electron chi connectivity index (χ4n) is 3.22. The fraction of sp³-hybridized carbons (Fsp3) is 0.190. The largest absolute Gasteiger partial charge is 0.399 e. The van der Waals surface area contributed by atoms with Gasteiger partial charge in [-0.3, -0.25) is 0 Å². The molecular weight excluding hydrogens is 280 g/mol. The summed E-state index contributed by atoms with van der Waals surface area (Å²) in [5, 5.41) is 0. The average Bonchev–Trinajstić information content (AvgIpc) is 2.74. The predicted molar refractivity (Wildman–Crippen MR) is 99.3 cm³/mol. The Morgan fingerprint density at radius 3 is 2.26 bits per heavy atom. The molecule has 1 heterocycles. The van der Waals surface area contributed by atoms with Crippen LogP contribution in [-0.2, 0) is 5.41 Å². The molecule has 2 aromatic rings. The van der Waals surface area contributed by atoms with Crippen LogP contribution in [0.5, 0.6) is 0 Å². The van der Waals surface area contributed by atoms with E-state index in [2.05, 4.69) is 74.0 Å². The molecule has 1 aliphatic heterocycles. The maximum atomic E-state index is 5.70. The van der Waals surface area contributed by atoms with Crippen molar-refractivity contribution in [3.63, 3.8) is 0 Å². The molecule has 2 nitrogen and oxygen atoms in total. The van der Waals surface area contributed by atoms with Gasteiger partial charge in [0.05, 0.1) is 5.41 Å². The van der Waals surface area contributed by atoms with Crippen LogP contribution < -0.4 is 5.73 Å². The molecule has 2 N–H and O–H groups in total. The SMILES string of the molecule is C[N+]1=C(C=CC=Cc2ccc(N)cc2)C(C)(C)c2ccccc21.